The van der Waals surface area contributed by atoms with E-state index < -0.39 is 5.97 Å². The molecule has 0 spiro atoms. The summed E-state index contributed by atoms with van der Waals surface area (Å²) in [6.07, 6.45) is 5.18. The highest BCUT2D eigenvalue weighted by molar-refractivity contribution is 6.12. The number of nitrogens with zero attached hydrogens (tertiary/aromatic N) is 1. The van der Waals surface area contributed by atoms with Crippen LogP contribution >= 0.6 is 0 Å². The van der Waals surface area contributed by atoms with Gasteiger partial charge in [-0.3, -0.25) is 14.5 Å². The molecular weight excluding hydrogens is 246 g/mol. The first-order valence-electron chi connectivity index (χ1n) is 5.46. The Morgan fingerprint density at radius 2 is 1.63 bits per heavy atom. The minimum Gasteiger partial charge on any atom is -0.478 e. The maximum atomic E-state index is 10.4. The standard InChI is InChI=1S/C9H8O2.C5H5NO2/c10-9(11)7-6-8-4-2-1-3-5-8;1-6-4(7)2-3-5(6)8/h1-7H,(H,10,11);2-3H,1H3. The maximum absolute atomic E-state index is 10.4. The molecule has 2 rings (SSSR count). The summed E-state index contributed by atoms with van der Waals surface area (Å²) in [7, 11) is 1.45. The fraction of sp³-hybridized carbons (Fsp3) is 0.0714. The van der Waals surface area contributed by atoms with Crippen LogP contribution in [0.15, 0.2) is 48.6 Å². The Kier molecular flexibility index (Phi) is 5.22. The van der Waals surface area contributed by atoms with Crippen molar-refractivity contribution in [3.8, 4) is 0 Å². The number of aliphatic carboxylic acids is 1. The highest BCUT2D eigenvalue weighted by Gasteiger charge is 2.17. The van der Waals surface area contributed by atoms with Crippen LogP contribution in [0.25, 0.3) is 6.08 Å². The van der Waals surface area contributed by atoms with Gasteiger partial charge in [0.25, 0.3) is 11.8 Å². The Labute approximate surface area is 110 Å². The van der Waals surface area contributed by atoms with Gasteiger partial charge in [0.2, 0.25) is 0 Å². The molecule has 0 aliphatic carbocycles. The number of carboxylic acid groups (broad SMARTS) is 1. The zero-order valence-corrected chi connectivity index (χ0v) is 10.3. The minimum absolute atomic E-state index is 0.241. The SMILES string of the molecule is CN1C(=O)C=CC1=O.O=C(O)C=Cc1ccccc1. The van der Waals surface area contributed by atoms with E-state index in [0.29, 0.717) is 0 Å². The van der Waals surface area contributed by atoms with Crippen molar-refractivity contribution < 1.29 is 19.5 Å². The third-order valence-corrected chi connectivity index (χ3v) is 2.25. The summed E-state index contributed by atoms with van der Waals surface area (Å²) in [5, 5.41) is 8.29. The lowest BCUT2D eigenvalue weighted by atomic mass is 10.2. The molecule has 5 heteroatoms. The van der Waals surface area contributed by atoms with Crippen LogP contribution in [0.1, 0.15) is 5.56 Å². The molecule has 1 N–H and O–H groups in total. The van der Waals surface area contributed by atoms with Crippen LogP contribution in [0.3, 0.4) is 0 Å². The predicted molar refractivity (Wildman–Crippen MR) is 70.0 cm³/mol. The molecule has 1 aliphatic heterocycles. The molecule has 0 aromatic heterocycles. The number of hydrogen-bond acceptors (Lipinski definition) is 3. The molecule has 1 aliphatic rings. The maximum Gasteiger partial charge on any atom is 0.328 e. The van der Waals surface area contributed by atoms with Gasteiger partial charge in [0, 0.05) is 25.3 Å². The first-order valence-corrected chi connectivity index (χ1v) is 5.46. The normalized spacial score (nSPS) is 13.6. The third kappa shape index (κ3) is 4.99. The Balaban J connectivity index is 0.000000200. The summed E-state index contributed by atoms with van der Waals surface area (Å²) >= 11 is 0. The van der Waals surface area contributed by atoms with Crippen molar-refractivity contribution in [2.75, 3.05) is 7.05 Å². The quantitative estimate of drug-likeness (QED) is 0.642. The zero-order chi connectivity index (χ0) is 14.3. The van der Waals surface area contributed by atoms with Crippen LogP contribution in [-0.4, -0.2) is 34.8 Å². The average Bonchev–Trinajstić information content (AvgIpc) is 2.70. The van der Waals surface area contributed by atoms with E-state index in [2.05, 4.69) is 0 Å². The number of carbonyl (C=O) groups excluding carboxylic acids is 2. The van der Waals surface area contributed by atoms with Gasteiger partial charge in [-0.05, 0) is 11.6 Å². The molecule has 1 heterocycles. The van der Waals surface area contributed by atoms with Crippen LogP contribution < -0.4 is 0 Å². The topological polar surface area (TPSA) is 74.7 Å². The van der Waals surface area contributed by atoms with E-state index in [1.165, 1.54) is 19.2 Å². The molecule has 0 saturated carbocycles. The molecule has 98 valence electrons. The summed E-state index contributed by atoms with van der Waals surface area (Å²) < 4.78 is 0. The van der Waals surface area contributed by atoms with Crippen molar-refractivity contribution in [2.24, 2.45) is 0 Å². The van der Waals surface area contributed by atoms with Crippen molar-refractivity contribution in [3.63, 3.8) is 0 Å². The van der Waals surface area contributed by atoms with E-state index in [9.17, 15) is 14.4 Å². The first kappa shape index (κ1) is 14.4. The van der Waals surface area contributed by atoms with Crippen molar-refractivity contribution in [1.29, 1.82) is 0 Å². The second-order valence-electron chi connectivity index (χ2n) is 3.65. The number of carboxylic acids is 1. The Bertz CT molecular complexity index is 514. The Morgan fingerprint density at radius 1 is 1.11 bits per heavy atom. The summed E-state index contributed by atoms with van der Waals surface area (Å²) in [5.41, 5.74) is 0.898. The molecule has 0 fully saturated rings. The monoisotopic (exact) mass is 259 g/mol. The van der Waals surface area contributed by atoms with Gasteiger partial charge >= 0.3 is 5.97 Å². The molecule has 2 amide bonds. The summed E-state index contributed by atoms with van der Waals surface area (Å²) in [6.45, 7) is 0. The van der Waals surface area contributed by atoms with Crippen LogP contribution in [0.2, 0.25) is 0 Å². The number of likely N-dealkylation sites (N-methyl/N-ethyl adjacent to an activating group) is 1. The highest BCUT2D eigenvalue weighted by Crippen LogP contribution is 2.00. The van der Waals surface area contributed by atoms with Gasteiger partial charge in [-0.1, -0.05) is 30.3 Å². The smallest absolute Gasteiger partial charge is 0.328 e. The van der Waals surface area contributed by atoms with Gasteiger partial charge in [0.05, 0.1) is 0 Å². The van der Waals surface area contributed by atoms with E-state index in [0.717, 1.165) is 16.5 Å². The molecule has 0 unspecified atom stereocenters. The largest absolute Gasteiger partial charge is 0.478 e. The van der Waals surface area contributed by atoms with Gasteiger partial charge in [-0.2, -0.15) is 0 Å². The van der Waals surface area contributed by atoms with Gasteiger partial charge in [-0.15, -0.1) is 0 Å². The third-order valence-electron chi connectivity index (χ3n) is 2.25. The fourth-order valence-electron chi connectivity index (χ4n) is 1.21. The number of amides is 2. The second kappa shape index (κ2) is 6.90. The lowest BCUT2D eigenvalue weighted by Crippen LogP contribution is -2.24. The van der Waals surface area contributed by atoms with E-state index in [1.54, 1.807) is 6.08 Å². The van der Waals surface area contributed by atoms with Crippen molar-refractivity contribution in [1.82, 2.24) is 4.90 Å². The van der Waals surface area contributed by atoms with E-state index in [1.807, 2.05) is 30.3 Å². The van der Waals surface area contributed by atoms with Gasteiger partial charge in [0.1, 0.15) is 0 Å². The molecule has 0 bridgehead atoms. The average molecular weight is 259 g/mol. The van der Waals surface area contributed by atoms with Crippen molar-refractivity contribution >= 4 is 23.9 Å². The van der Waals surface area contributed by atoms with Gasteiger partial charge < -0.3 is 5.11 Å². The lowest BCUT2D eigenvalue weighted by Gasteiger charge is -2.01. The lowest BCUT2D eigenvalue weighted by molar-refractivity contribution is -0.135. The fourth-order valence-corrected chi connectivity index (χ4v) is 1.21. The van der Waals surface area contributed by atoms with Gasteiger partial charge in [0.15, 0.2) is 0 Å². The van der Waals surface area contributed by atoms with Crippen LogP contribution in [-0.2, 0) is 14.4 Å². The van der Waals surface area contributed by atoms with Crippen molar-refractivity contribution in [3.05, 3.63) is 54.1 Å². The molecular formula is C14H13NO4. The Morgan fingerprint density at radius 3 is 2.00 bits per heavy atom. The van der Waals surface area contributed by atoms with E-state index >= 15 is 0 Å². The molecule has 19 heavy (non-hydrogen) atoms. The second-order valence-corrected chi connectivity index (χ2v) is 3.65. The number of hydrogen-bond donors (Lipinski definition) is 1. The van der Waals surface area contributed by atoms with Gasteiger partial charge in [-0.25, -0.2) is 4.79 Å². The zero-order valence-electron chi connectivity index (χ0n) is 10.3. The number of imide groups is 1. The molecule has 0 radical (unpaired) electrons. The van der Waals surface area contributed by atoms with E-state index in [-0.39, 0.29) is 11.8 Å². The highest BCUT2D eigenvalue weighted by atomic mass is 16.4. The molecule has 1 aromatic carbocycles. The Hall–Kier alpha value is -2.69. The molecule has 1 aromatic rings. The number of benzene rings is 1. The van der Waals surface area contributed by atoms with Crippen molar-refractivity contribution in [2.45, 2.75) is 0 Å². The number of rotatable bonds is 2. The first-order chi connectivity index (χ1) is 9.00. The van der Waals surface area contributed by atoms with Crippen LogP contribution in [0.4, 0.5) is 0 Å². The summed E-state index contributed by atoms with van der Waals surface area (Å²) in [6, 6.07) is 9.31. The summed E-state index contributed by atoms with van der Waals surface area (Å²) in [5.74, 6) is -1.40. The summed E-state index contributed by atoms with van der Waals surface area (Å²) in [4.78, 5) is 31.9. The molecule has 0 saturated heterocycles. The predicted octanol–water partition coefficient (Wildman–Crippen LogP) is 1.33. The minimum atomic E-state index is -0.922. The molecule has 5 nitrogen and oxygen atoms in total. The van der Waals surface area contributed by atoms with Crippen LogP contribution in [0.5, 0.6) is 0 Å². The van der Waals surface area contributed by atoms with E-state index in [4.69, 9.17) is 5.11 Å². The molecule has 0 atom stereocenters. The number of carbonyl (C=O) groups is 3. The van der Waals surface area contributed by atoms with Crippen LogP contribution in [0, 0.1) is 0 Å².